The maximum absolute atomic E-state index is 2.31. The molecule has 0 N–H and O–H groups in total. The predicted molar refractivity (Wildman–Crippen MR) is 113 cm³/mol. The Balaban J connectivity index is 2.98. The second-order valence-corrected chi connectivity index (χ2v) is 8.07. The van der Waals surface area contributed by atoms with Crippen molar-refractivity contribution in [3.63, 3.8) is 0 Å². The number of hydrogen-bond acceptors (Lipinski definition) is 0. The van der Waals surface area contributed by atoms with Crippen molar-refractivity contribution in [3.8, 4) is 0 Å². The first-order valence-electron chi connectivity index (χ1n) is 11.6. The van der Waals surface area contributed by atoms with Gasteiger partial charge in [0.2, 0.25) is 0 Å². The van der Waals surface area contributed by atoms with Crippen molar-refractivity contribution in [1.29, 1.82) is 0 Å². The molecule has 0 heteroatoms. The van der Waals surface area contributed by atoms with Crippen LogP contribution in [-0.2, 0) is 0 Å². The summed E-state index contributed by atoms with van der Waals surface area (Å²) in [6.45, 7) is 6.89. The van der Waals surface area contributed by atoms with Gasteiger partial charge in [0.1, 0.15) is 0 Å². The molecule has 1 radical (unpaired) electrons. The van der Waals surface area contributed by atoms with Crippen LogP contribution in [0.4, 0.5) is 0 Å². The van der Waals surface area contributed by atoms with E-state index in [1.54, 1.807) is 5.92 Å². The van der Waals surface area contributed by atoms with Crippen LogP contribution in [0.15, 0.2) is 0 Å². The average Bonchev–Trinajstić information content (AvgIpc) is 2.60. The van der Waals surface area contributed by atoms with E-state index in [4.69, 9.17) is 0 Å². The SMILES string of the molecule is CCCCCCCCCCCCCCCCCCCC[C](C)CC. The number of unbranched alkanes of at least 4 members (excludes halogenated alkanes) is 17. The van der Waals surface area contributed by atoms with Gasteiger partial charge in [0.15, 0.2) is 0 Å². The molecule has 0 fully saturated rings. The van der Waals surface area contributed by atoms with Crippen LogP contribution in [0, 0.1) is 5.92 Å². The van der Waals surface area contributed by atoms with Crippen molar-refractivity contribution in [2.45, 2.75) is 149 Å². The molecule has 0 bridgehead atoms. The highest BCUT2D eigenvalue weighted by atomic mass is 14.0. The van der Waals surface area contributed by atoms with E-state index >= 15 is 0 Å². The van der Waals surface area contributed by atoms with Gasteiger partial charge in [-0.1, -0.05) is 143 Å². The van der Waals surface area contributed by atoms with Crippen LogP contribution in [-0.4, -0.2) is 0 Å². The quantitative estimate of drug-likeness (QED) is 0.194. The Labute approximate surface area is 155 Å². The molecule has 0 unspecified atom stereocenters. The third-order valence-corrected chi connectivity index (χ3v) is 5.56. The van der Waals surface area contributed by atoms with Gasteiger partial charge in [-0.3, -0.25) is 0 Å². The van der Waals surface area contributed by atoms with Gasteiger partial charge in [0.05, 0.1) is 0 Å². The van der Waals surface area contributed by atoms with Gasteiger partial charge in [0, 0.05) is 0 Å². The molecular formula is C24H49. The van der Waals surface area contributed by atoms with Crippen LogP contribution < -0.4 is 0 Å². The number of hydrogen-bond donors (Lipinski definition) is 0. The van der Waals surface area contributed by atoms with E-state index in [2.05, 4.69) is 20.8 Å². The summed E-state index contributed by atoms with van der Waals surface area (Å²) in [6, 6.07) is 0. The molecule has 145 valence electrons. The summed E-state index contributed by atoms with van der Waals surface area (Å²) in [5.41, 5.74) is 0. The van der Waals surface area contributed by atoms with E-state index in [0.717, 1.165) is 0 Å². The van der Waals surface area contributed by atoms with Crippen LogP contribution >= 0.6 is 0 Å². The standard InChI is InChI=1S/C24H49/c1-4-6-7-8-9-10-11-12-13-14-15-16-17-18-19-20-21-22-23-24(3)5-2/h4-23H2,1-3H3. The zero-order chi connectivity index (χ0) is 17.7. The third kappa shape index (κ3) is 20.0. The Morgan fingerprint density at radius 3 is 1.00 bits per heavy atom. The maximum atomic E-state index is 2.31. The lowest BCUT2D eigenvalue weighted by atomic mass is 9.99. The first-order chi connectivity index (χ1) is 11.8. The molecule has 24 heavy (non-hydrogen) atoms. The molecule has 0 atom stereocenters. The van der Waals surface area contributed by atoms with E-state index < -0.39 is 0 Å². The highest BCUT2D eigenvalue weighted by molar-refractivity contribution is 4.80. The van der Waals surface area contributed by atoms with Crippen molar-refractivity contribution in [3.05, 3.63) is 5.92 Å². The van der Waals surface area contributed by atoms with Crippen molar-refractivity contribution < 1.29 is 0 Å². The van der Waals surface area contributed by atoms with Crippen LogP contribution in [0.5, 0.6) is 0 Å². The Morgan fingerprint density at radius 1 is 0.417 bits per heavy atom. The molecule has 0 aromatic carbocycles. The molecule has 0 aliphatic carbocycles. The Bertz CT molecular complexity index is 208. The van der Waals surface area contributed by atoms with Gasteiger partial charge < -0.3 is 0 Å². The molecule has 0 amide bonds. The fourth-order valence-electron chi connectivity index (χ4n) is 3.51. The zero-order valence-electron chi connectivity index (χ0n) is 17.6. The molecule has 0 aliphatic rings. The first-order valence-corrected chi connectivity index (χ1v) is 11.6. The molecule has 0 saturated carbocycles. The average molecular weight is 338 g/mol. The first kappa shape index (κ1) is 24.0. The van der Waals surface area contributed by atoms with Crippen LogP contribution in [0.2, 0.25) is 0 Å². The largest absolute Gasteiger partial charge is 0.0654 e. The van der Waals surface area contributed by atoms with Gasteiger partial charge in [-0.25, -0.2) is 0 Å². The van der Waals surface area contributed by atoms with Crippen molar-refractivity contribution in [2.24, 2.45) is 0 Å². The summed E-state index contributed by atoms with van der Waals surface area (Å²) in [7, 11) is 0. The lowest BCUT2D eigenvalue weighted by molar-refractivity contribution is 0.523. The normalized spacial score (nSPS) is 11.5. The van der Waals surface area contributed by atoms with Crippen LogP contribution in [0.1, 0.15) is 149 Å². The smallest absolute Gasteiger partial charge is 0.0275 e. The van der Waals surface area contributed by atoms with Crippen LogP contribution in [0.3, 0.4) is 0 Å². The van der Waals surface area contributed by atoms with Gasteiger partial charge in [0.25, 0.3) is 0 Å². The molecule has 0 heterocycles. The van der Waals surface area contributed by atoms with E-state index in [1.165, 1.54) is 128 Å². The fourth-order valence-corrected chi connectivity index (χ4v) is 3.51. The van der Waals surface area contributed by atoms with E-state index in [0.29, 0.717) is 0 Å². The van der Waals surface area contributed by atoms with Crippen molar-refractivity contribution >= 4 is 0 Å². The highest BCUT2D eigenvalue weighted by Gasteiger charge is 1.99. The summed E-state index contributed by atoms with van der Waals surface area (Å²) in [5.74, 6) is 1.69. The molecule has 0 aromatic heterocycles. The molecule has 0 spiro atoms. The second kappa shape index (κ2) is 21.0. The molecule has 0 aliphatic heterocycles. The number of rotatable bonds is 20. The minimum atomic E-state index is 1.28. The summed E-state index contributed by atoms with van der Waals surface area (Å²) < 4.78 is 0. The van der Waals surface area contributed by atoms with E-state index in [9.17, 15) is 0 Å². The van der Waals surface area contributed by atoms with Gasteiger partial charge in [-0.2, -0.15) is 0 Å². The summed E-state index contributed by atoms with van der Waals surface area (Å²) >= 11 is 0. The predicted octanol–water partition coefficient (Wildman–Crippen LogP) is 9.42. The Hall–Kier alpha value is 0. The lowest BCUT2D eigenvalue weighted by Crippen LogP contribution is -1.89. The molecule has 0 saturated heterocycles. The van der Waals surface area contributed by atoms with E-state index in [-0.39, 0.29) is 0 Å². The maximum Gasteiger partial charge on any atom is -0.0275 e. The monoisotopic (exact) mass is 337 g/mol. The molecule has 0 aromatic rings. The topological polar surface area (TPSA) is 0 Å². The molecule has 0 rings (SSSR count). The van der Waals surface area contributed by atoms with Crippen molar-refractivity contribution in [2.75, 3.05) is 0 Å². The van der Waals surface area contributed by atoms with E-state index in [1.807, 2.05) is 0 Å². The summed E-state index contributed by atoms with van der Waals surface area (Å²) in [4.78, 5) is 0. The highest BCUT2D eigenvalue weighted by Crippen LogP contribution is 2.17. The Morgan fingerprint density at radius 2 is 0.708 bits per heavy atom. The molecule has 0 nitrogen and oxygen atoms in total. The third-order valence-electron chi connectivity index (χ3n) is 5.56. The lowest BCUT2D eigenvalue weighted by Gasteiger charge is -2.07. The summed E-state index contributed by atoms with van der Waals surface area (Å²) in [6.07, 6.45) is 29.1. The minimum absolute atomic E-state index is 1.28. The van der Waals surface area contributed by atoms with Gasteiger partial charge in [-0.05, 0) is 12.3 Å². The Kier molecular flexibility index (Phi) is 21.0. The minimum Gasteiger partial charge on any atom is -0.0654 e. The fraction of sp³-hybridized carbons (Fsp3) is 0.958. The van der Waals surface area contributed by atoms with Gasteiger partial charge in [-0.15, -0.1) is 0 Å². The zero-order valence-corrected chi connectivity index (χ0v) is 17.6. The van der Waals surface area contributed by atoms with Crippen molar-refractivity contribution in [1.82, 2.24) is 0 Å². The van der Waals surface area contributed by atoms with Crippen LogP contribution in [0.25, 0.3) is 0 Å². The van der Waals surface area contributed by atoms with Gasteiger partial charge >= 0.3 is 0 Å². The molecular weight excluding hydrogens is 288 g/mol. The summed E-state index contributed by atoms with van der Waals surface area (Å²) in [5, 5.41) is 0. The second-order valence-electron chi connectivity index (χ2n) is 8.07.